The highest BCUT2D eigenvalue weighted by Gasteiger charge is 2.11. The van der Waals surface area contributed by atoms with E-state index in [1.807, 2.05) is 20.8 Å². The fourth-order valence-electron chi connectivity index (χ4n) is 0.912. The Labute approximate surface area is 77.3 Å². The van der Waals surface area contributed by atoms with Crippen LogP contribution in [0.2, 0.25) is 0 Å². The first kappa shape index (κ1) is 9.77. The number of nitrogens with zero attached hydrogens (tertiary/aromatic N) is 1. The topological polar surface area (TPSA) is 55.1 Å². The SMILES string of the molecule is CCc1ncc(C(=O)NC(C)C)o1. The second-order valence-corrected chi connectivity index (χ2v) is 3.10. The van der Waals surface area contributed by atoms with Gasteiger partial charge in [-0.05, 0) is 13.8 Å². The van der Waals surface area contributed by atoms with E-state index in [0.717, 1.165) is 0 Å². The lowest BCUT2D eigenvalue weighted by Crippen LogP contribution is -2.29. The molecule has 0 radical (unpaired) electrons. The second kappa shape index (κ2) is 4.07. The normalized spacial score (nSPS) is 10.5. The standard InChI is InChI=1S/C9H14N2O2/c1-4-8-10-5-7(13-8)9(12)11-6(2)3/h5-6H,4H2,1-3H3,(H,11,12). The van der Waals surface area contributed by atoms with E-state index in [4.69, 9.17) is 4.42 Å². The molecule has 0 bridgehead atoms. The summed E-state index contributed by atoms with van der Waals surface area (Å²) in [6.07, 6.45) is 2.16. The van der Waals surface area contributed by atoms with E-state index < -0.39 is 0 Å². The molecule has 13 heavy (non-hydrogen) atoms. The number of oxazole rings is 1. The molecule has 1 aromatic rings. The summed E-state index contributed by atoms with van der Waals surface area (Å²) in [5.41, 5.74) is 0. The highest BCUT2D eigenvalue weighted by atomic mass is 16.4. The molecule has 0 saturated carbocycles. The summed E-state index contributed by atoms with van der Waals surface area (Å²) in [5, 5.41) is 2.72. The Kier molecular flexibility index (Phi) is 3.06. The summed E-state index contributed by atoms with van der Waals surface area (Å²) in [7, 11) is 0. The van der Waals surface area contributed by atoms with Gasteiger partial charge in [-0.2, -0.15) is 0 Å². The molecule has 0 aromatic carbocycles. The molecular weight excluding hydrogens is 168 g/mol. The monoisotopic (exact) mass is 182 g/mol. The Balaban J connectivity index is 2.66. The highest BCUT2D eigenvalue weighted by Crippen LogP contribution is 2.03. The molecule has 4 nitrogen and oxygen atoms in total. The number of carbonyl (C=O) groups excluding carboxylic acids is 1. The lowest BCUT2D eigenvalue weighted by atomic mass is 10.3. The average Bonchev–Trinajstić information content (AvgIpc) is 2.50. The van der Waals surface area contributed by atoms with Crippen molar-refractivity contribution in [1.82, 2.24) is 10.3 Å². The van der Waals surface area contributed by atoms with Gasteiger partial charge in [0.25, 0.3) is 5.91 Å². The third kappa shape index (κ3) is 2.57. The Morgan fingerprint density at radius 3 is 2.85 bits per heavy atom. The molecule has 4 heteroatoms. The van der Waals surface area contributed by atoms with E-state index in [1.54, 1.807) is 0 Å². The lowest BCUT2D eigenvalue weighted by molar-refractivity contribution is 0.0913. The van der Waals surface area contributed by atoms with Crippen molar-refractivity contribution in [1.29, 1.82) is 0 Å². The Morgan fingerprint density at radius 2 is 2.38 bits per heavy atom. The molecule has 1 rings (SSSR count). The number of rotatable bonds is 3. The zero-order chi connectivity index (χ0) is 9.84. The van der Waals surface area contributed by atoms with Crippen molar-refractivity contribution in [2.24, 2.45) is 0 Å². The van der Waals surface area contributed by atoms with E-state index in [9.17, 15) is 4.79 Å². The summed E-state index contributed by atoms with van der Waals surface area (Å²) < 4.78 is 5.17. The Morgan fingerprint density at radius 1 is 1.69 bits per heavy atom. The van der Waals surface area contributed by atoms with Crippen molar-refractivity contribution in [2.75, 3.05) is 0 Å². The molecule has 0 atom stereocenters. The van der Waals surface area contributed by atoms with Crippen LogP contribution in [0.15, 0.2) is 10.6 Å². The molecule has 0 aliphatic carbocycles. The van der Waals surface area contributed by atoms with E-state index in [1.165, 1.54) is 6.20 Å². The minimum atomic E-state index is -0.206. The van der Waals surface area contributed by atoms with Crippen molar-refractivity contribution < 1.29 is 9.21 Å². The van der Waals surface area contributed by atoms with Crippen LogP contribution < -0.4 is 5.32 Å². The summed E-state index contributed by atoms with van der Waals surface area (Å²) in [5.74, 6) is 0.668. The average molecular weight is 182 g/mol. The van der Waals surface area contributed by atoms with Gasteiger partial charge in [-0.15, -0.1) is 0 Å². The van der Waals surface area contributed by atoms with Gasteiger partial charge in [0, 0.05) is 12.5 Å². The maximum absolute atomic E-state index is 11.3. The predicted molar refractivity (Wildman–Crippen MR) is 48.5 cm³/mol. The van der Waals surface area contributed by atoms with Crippen LogP contribution >= 0.6 is 0 Å². The van der Waals surface area contributed by atoms with Crippen LogP contribution in [0.1, 0.15) is 37.2 Å². The first-order chi connectivity index (χ1) is 6.13. The van der Waals surface area contributed by atoms with E-state index in [0.29, 0.717) is 12.3 Å². The number of hydrogen-bond acceptors (Lipinski definition) is 3. The molecule has 0 aliphatic heterocycles. The van der Waals surface area contributed by atoms with Crippen LogP contribution in [0.3, 0.4) is 0 Å². The molecule has 0 unspecified atom stereocenters. The van der Waals surface area contributed by atoms with Gasteiger partial charge < -0.3 is 9.73 Å². The van der Waals surface area contributed by atoms with Gasteiger partial charge in [-0.25, -0.2) is 4.98 Å². The molecule has 1 N–H and O–H groups in total. The molecule has 1 aromatic heterocycles. The number of carbonyl (C=O) groups is 1. The van der Waals surface area contributed by atoms with E-state index in [2.05, 4.69) is 10.3 Å². The number of aryl methyl sites for hydroxylation is 1. The Bertz CT molecular complexity index is 292. The molecule has 0 fully saturated rings. The van der Waals surface area contributed by atoms with Crippen LogP contribution in [-0.2, 0) is 6.42 Å². The van der Waals surface area contributed by atoms with Crippen LogP contribution in [0.5, 0.6) is 0 Å². The molecule has 0 aliphatic rings. The summed E-state index contributed by atoms with van der Waals surface area (Å²) >= 11 is 0. The predicted octanol–water partition coefficient (Wildman–Crippen LogP) is 1.38. The number of aromatic nitrogens is 1. The maximum atomic E-state index is 11.3. The zero-order valence-corrected chi connectivity index (χ0v) is 8.13. The molecular formula is C9H14N2O2. The zero-order valence-electron chi connectivity index (χ0n) is 8.13. The van der Waals surface area contributed by atoms with Gasteiger partial charge in [0.15, 0.2) is 5.89 Å². The quantitative estimate of drug-likeness (QED) is 0.768. The maximum Gasteiger partial charge on any atom is 0.288 e. The second-order valence-electron chi connectivity index (χ2n) is 3.10. The van der Waals surface area contributed by atoms with Gasteiger partial charge in [0.1, 0.15) is 0 Å². The van der Waals surface area contributed by atoms with Crippen molar-refractivity contribution in [3.8, 4) is 0 Å². The molecule has 1 heterocycles. The van der Waals surface area contributed by atoms with Gasteiger partial charge in [-0.1, -0.05) is 6.92 Å². The number of hydrogen-bond donors (Lipinski definition) is 1. The van der Waals surface area contributed by atoms with Gasteiger partial charge in [-0.3, -0.25) is 4.79 Å². The number of nitrogens with one attached hydrogen (secondary N) is 1. The van der Waals surface area contributed by atoms with Gasteiger partial charge >= 0.3 is 0 Å². The van der Waals surface area contributed by atoms with Crippen LogP contribution in [0.4, 0.5) is 0 Å². The van der Waals surface area contributed by atoms with Crippen LogP contribution in [0.25, 0.3) is 0 Å². The highest BCUT2D eigenvalue weighted by molar-refractivity contribution is 5.91. The summed E-state index contributed by atoms with van der Waals surface area (Å²) in [6, 6.07) is 0.114. The summed E-state index contributed by atoms with van der Waals surface area (Å²) in [4.78, 5) is 15.3. The number of amides is 1. The first-order valence-corrected chi connectivity index (χ1v) is 4.39. The van der Waals surface area contributed by atoms with Crippen molar-refractivity contribution in [2.45, 2.75) is 33.2 Å². The van der Waals surface area contributed by atoms with Crippen molar-refractivity contribution in [3.63, 3.8) is 0 Å². The minimum absolute atomic E-state index is 0.114. The first-order valence-electron chi connectivity index (χ1n) is 4.39. The third-order valence-electron chi connectivity index (χ3n) is 1.50. The van der Waals surface area contributed by atoms with E-state index in [-0.39, 0.29) is 17.7 Å². The smallest absolute Gasteiger partial charge is 0.288 e. The molecule has 1 amide bonds. The van der Waals surface area contributed by atoms with Crippen molar-refractivity contribution in [3.05, 3.63) is 17.8 Å². The van der Waals surface area contributed by atoms with Crippen LogP contribution in [0, 0.1) is 0 Å². The Hall–Kier alpha value is -1.32. The molecule has 72 valence electrons. The largest absolute Gasteiger partial charge is 0.436 e. The molecule has 0 saturated heterocycles. The summed E-state index contributed by atoms with van der Waals surface area (Å²) in [6.45, 7) is 5.72. The van der Waals surface area contributed by atoms with Crippen molar-refractivity contribution >= 4 is 5.91 Å². The van der Waals surface area contributed by atoms with E-state index >= 15 is 0 Å². The molecule has 0 spiro atoms. The van der Waals surface area contributed by atoms with Crippen LogP contribution in [-0.4, -0.2) is 16.9 Å². The minimum Gasteiger partial charge on any atom is -0.436 e. The third-order valence-corrected chi connectivity index (χ3v) is 1.50. The van der Waals surface area contributed by atoms with Gasteiger partial charge in [0.05, 0.1) is 6.20 Å². The fraction of sp³-hybridized carbons (Fsp3) is 0.556. The fourth-order valence-corrected chi connectivity index (χ4v) is 0.912. The van der Waals surface area contributed by atoms with Gasteiger partial charge in [0.2, 0.25) is 5.76 Å². The lowest BCUT2D eigenvalue weighted by Gasteiger charge is -2.04.